The molecule has 0 amide bonds. The van der Waals surface area contributed by atoms with Crippen molar-refractivity contribution < 1.29 is 0 Å². The molecule has 114 valence electrons. The molecule has 2 aromatic carbocycles. The second kappa shape index (κ2) is 5.22. The summed E-state index contributed by atoms with van der Waals surface area (Å²) in [5.74, 6) is 0. The fourth-order valence-electron chi connectivity index (χ4n) is 4.01. The normalized spacial score (nSPS) is 22.5. The van der Waals surface area contributed by atoms with E-state index in [1.54, 1.807) is 0 Å². The third-order valence-electron chi connectivity index (χ3n) is 5.44. The Morgan fingerprint density at radius 1 is 1.14 bits per heavy atom. The first-order chi connectivity index (χ1) is 10.7. The molecule has 0 aromatic heterocycles. The number of nitrogens with two attached hydrogens (primary N) is 1. The van der Waals surface area contributed by atoms with Crippen molar-refractivity contribution in [3.8, 4) is 0 Å². The molecule has 22 heavy (non-hydrogen) atoms. The van der Waals surface area contributed by atoms with Crippen LogP contribution in [-0.2, 0) is 12.0 Å². The molecular formula is C20H24N2. The van der Waals surface area contributed by atoms with E-state index in [9.17, 15) is 0 Å². The van der Waals surface area contributed by atoms with Gasteiger partial charge in [-0.1, -0.05) is 54.1 Å². The molecule has 1 fully saturated rings. The topological polar surface area (TPSA) is 29.3 Å². The first kappa shape index (κ1) is 14.0. The summed E-state index contributed by atoms with van der Waals surface area (Å²) in [4.78, 5) is 2.60. The summed E-state index contributed by atoms with van der Waals surface area (Å²) >= 11 is 0. The van der Waals surface area contributed by atoms with Crippen LogP contribution in [0.4, 0.5) is 0 Å². The Labute approximate surface area is 132 Å². The number of fused-ring (bicyclic) bond motifs is 1. The van der Waals surface area contributed by atoms with E-state index in [4.69, 9.17) is 5.73 Å². The van der Waals surface area contributed by atoms with E-state index >= 15 is 0 Å². The van der Waals surface area contributed by atoms with Gasteiger partial charge in [-0.15, -0.1) is 0 Å². The van der Waals surface area contributed by atoms with Gasteiger partial charge in [0, 0.05) is 31.1 Å². The van der Waals surface area contributed by atoms with Gasteiger partial charge in [-0.25, -0.2) is 0 Å². The molecule has 1 heterocycles. The maximum Gasteiger partial charge on any atom is 0.0477 e. The highest BCUT2D eigenvalue weighted by molar-refractivity contribution is 5.39. The van der Waals surface area contributed by atoms with Crippen molar-refractivity contribution in [2.45, 2.75) is 37.8 Å². The number of benzene rings is 2. The van der Waals surface area contributed by atoms with E-state index in [1.807, 2.05) is 0 Å². The number of hydrogen-bond donors (Lipinski definition) is 1. The second-order valence-corrected chi connectivity index (χ2v) is 7.01. The van der Waals surface area contributed by atoms with Crippen molar-refractivity contribution >= 4 is 0 Å². The van der Waals surface area contributed by atoms with E-state index in [1.165, 1.54) is 35.1 Å². The van der Waals surface area contributed by atoms with Gasteiger partial charge < -0.3 is 5.73 Å². The van der Waals surface area contributed by atoms with E-state index in [2.05, 4.69) is 60.4 Å². The number of nitrogens with zero attached hydrogens (tertiary/aromatic N) is 1. The van der Waals surface area contributed by atoms with Crippen LogP contribution in [0.5, 0.6) is 0 Å². The average molecular weight is 292 g/mol. The van der Waals surface area contributed by atoms with Gasteiger partial charge in [-0.3, -0.25) is 4.90 Å². The van der Waals surface area contributed by atoms with Gasteiger partial charge in [-0.05, 0) is 36.5 Å². The van der Waals surface area contributed by atoms with Gasteiger partial charge in [0.15, 0.2) is 0 Å². The molecule has 2 heteroatoms. The van der Waals surface area contributed by atoms with Gasteiger partial charge in [0.05, 0.1) is 0 Å². The Hall–Kier alpha value is -1.64. The highest BCUT2D eigenvalue weighted by Gasteiger charge is 2.47. The van der Waals surface area contributed by atoms with Crippen LogP contribution in [-0.4, -0.2) is 18.0 Å². The standard InChI is InChI=1S/C20H24N2/c1-15-7-8-16-13-22(19(12-21)18(16)11-15)14-20(9-10-20)17-5-3-2-4-6-17/h2-8,11,19H,9-10,12-14,21H2,1H3. The predicted octanol–water partition coefficient (Wildman–Crippen LogP) is 3.54. The van der Waals surface area contributed by atoms with Crippen LogP contribution >= 0.6 is 0 Å². The Morgan fingerprint density at radius 3 is 2.59 bits per heavy atom. The molecule has 1 unspecified atom stereocenters. The fraction of sp³-hybridized carbons (Fsp3) is 0.400. The summed E-state index contributed by atoms with van der Waals surface area (Å²) in [6.45, 7) is 5.06. The zero-order valence-corrected chi connectivity index (χ0v) is 13.3. The summed E-state index contributed by atoms with van der Waals surface area (Å²) in [6.07, 6.45) is 2.61. The molecule has 0 bridgehead atoms. The van der Waals surface area contributed by atoms with Gasteiger partial charge in [0.2, 0.25) is 0 Å². The van der Waals surface area contributed by atoms with Crippen molar-refractivity contribution in [1.29, 1.82) is 0 Å². The molecule has 1 saturated carbocycles. The number of rotatable bonds is 4. The lowest BCUT2D eigenvalue weighted by Gasteiger charge is -2.29. The molecule has 0 saturated heterocycles. The van der Waals surface area contributed by atoms with Crippen LogP contribution in [0, 0.1) is 6.92 Å². The van der Waals surface area contributed by atoms with Crippen molar-refractivity contribution in [3.05, 3.63) is 70.8 Å². The summed E-state index contributed by atoms with van der Waals surface area (Å²) in [5, 5.41) is 0. The van der Waals surface area contributed by atoms with Crippen LogP contribution < -0.4 is 5.73 Å². The number of hydrogen-bond acceptors (Lipinski definition) is 2. The first-order valence-electron chi connectivity index (χ1n) is 8.31. The zero-order chi connectivity index (χ0) is 15.2. The first-order valence-corrected chi connectivity index (χ1v) is 8.31. The lowest BCUT2D eigenvalue weighted by molar-refractivity contribution is 0.199. The molecular weight excluding hydrogens is 268 g/mol. The monoisotopic (exact) mass is 292 g/mol. The average Bonchev–Trinajstić information content (AvgIpc) is 3.24. The molecule has 0 spiro atoms. The van der Waals surface area contributed by atoms with E-state index < -0.39 is 0 Å². The minimum absolute atomic E-state index is 0.367. The van der Waals surface area contributed by atoms with Crippen molar-refractivity contribution in [2.75, 3.05) is 13.1 Å². The smallest absolute Gasteiger partial charge is 0.0477 e. The fourth-order valence-corrected chi connectivity index (χ4v) is 4.01. The molecule has 1 atom stereocenters. The molecule has 4 rings (SSSR count). The van der Waals surface area contributed by atoms with Gasteiger partial charge >= 0.3 is 0 Å². The van der Waals surface area contributed by atoms with Gasteiger partial charge in [0.25, 0.3) is 0 Å². The van der Waals surface area contributed by atoms with Gasteiger partial charge in [-0.2, -0.15) is 0 Å². The lowest BCUT2D eigenvalue weighted by atomic mass is 9.95. The Bertz CT molecular complexity index is 673. The molecule has 2 aliphatic rings. The Morgan fingerprint density at radius 2 is 1.91 bits per heavy atom. The molecule has 2 N–H and O–H groups in total. The largest absolute Gasteiger partial charge is 0.329 e. The summed E-state index contributed by atoms with van der Waals surface area (Å²) in [5.41, 5.74) is 12.2. The quantitative estimate of drug-likeness (QED) is 0.934. The second-order valence-electron chi connectivity index (χ2n) is 7.01. The maximum atomic E-state index is 6.13. The van der Waals surface area contributed by atoms with Crippen LogP contribution in [0.1, 0.15) is 41.1 Å². The van der Waals surface area contributed by atoms with Crippen molar-refractivity contribution in [3.63, 3.8) is 0 Å². The Balaban J connectivity index is 1.60. The zero-order valence-electron chi connectivity index (χ0n) is 13.3. The third kappa shape index (κ3) is 2.27. The molecule has 1 aliphatic carbocycles. The minimum Gasteiger partial charge on any atom is -0.329 e. The van der Waals surface area contributed by atoms with E-state index in [-0.39, 0.29) is 0 Å². The van der Waals surface area contributed by atoms with Crippen LogP contribution in [0.2, 0.25) is 0 Å². The summed E-state index contributed by atoms with van der Waals surface area (Å²) in [6, 6.07) is 18.2. The van der Waals surface area contributed by atoms with E-state index in [0.29, 0.717) is 18.0 Å². The van der Waals surface area contributed by atoms with Crippen molar-refractivity contribution in [2.24, 2.45) is 5.73 Å². The molecule has 2 nitrogen and oxygen atoms in total. The van der Waals surface area contributed by atoms with E-state index in [0.717, 1.165) is 13.1 Å². The lowest BCUT2D eigenvalue weighted by Crippen LogP contribution is -2.34. The maximum absolute atomic E-state index is 6.13. The van der Waals surface area contributed by atoms with Crippen LogP contribution in [0.25, 0.3) is 0 Å². The van der Waals surface area contributed by atoms with Crippen molar-refractivity contribution in [1.82, 2.24) is 4.90 Å². The van der Waals surface area contributed by atoms with Crippen LogP contribution in [0.15, 0.2) is 48.5 Å². The Kier molecular flexibility index (Phi) is 3.32. The minimum atomic E-state index is 0.367. The molecule has 0 radical (unpaired) electrons. The van der Waals surface area contributed by atoms with Gasteiger partial charge in [0.1, 0.15) is 0 Å². The summed E-state index contributed by atoms with van der Waals surface area (Å²) in [7, 11) is 0. The summed E-state index contributed by atoms with van der Waals surface area (Å²) < 4.78 is 0. The SMILES string of the molecule is Cc1ccc2c(c1)C(CN)N(CC1(c3ccccc3)CC1)C2. The number of aryl methyl sites for hydroxylation is 1. The highest BCUT2D eigenvalue weighted by atomic mass is 15.2. The van der Waals surface area contributed by atoms with Crippen LogP contribution in [0.3, 0.4) is 0 Å². The third-order valence-corrected chi connectivity index (χ3v) is 5.44. The highest BCUT2D eigenvalue weighted by Crippen LogP contribution is 2.50. The molecule has 1 aliphatic heterocycles. The predicted molar refractivity (Wildman–Crippen MR) is 90.7 cm³/mol. The molecule has 2 aromatic rings.